The Morgan fingerprint density at radius 1 is 1.45 bits per heavy atom. The molecular formula is C13H14FN3O2S. The first kappa shape index (κ1) is 14.5. The maximum atomic E-state index is 13.8. The number of carbonyl (C=O) groups is 1. The highest BCUT2D eigenvalue weighted by atomic mass is 32.1. The first-order chi connectivity index (χ1) is 9.49. The molecule has 0 radical (unpaired) electrons. The van der Waals surface area contributed by atoms with Crippen molar-refractivity contribution in [3.63, 3.8) is 0 Å². The second-order valence-electron chi connectivity index (χ2n) is 4.39. The maximum Gasteiger partial charge on any atom is 0.325 e. The van der Waals surface area contributed by atoms with Crippen LogP contribution >= 0.6 is 11.3 Å². The van der Waals surface area contributed by atoms with E-state index in [1.807, 2.05) is 6.92 Å². The monoisotopic (exact) mass is 295 g/mol. The number of halogens is 1. The summed E-state index contributed by atoms with van der Waals surface area (Å²) in [7, 11) is 1.63. The van der Waals surface area contributed by atoms with Crippen molar-refractivity contribution in [1.82, 2.24) is 15.1 Å². The summed E-state index contributed by atoms with van der Waals surface area (Å²) >= 11 is 1.39. The Balaban J connectivity index is 2.25. The first-order valence-corrected chi connectivity index (χ1v) is 6.77. The molecule has 1 heterocycles. The minimum atomic E-state index is -1.10. The average Bonchev–Trinajstić information content (AvgIpc) is 2.77. The van der Waals surface area contributed by atoms with E-state index in [1.54, 1.807) is 18.0 Å². The molecule has 0 saturated heterocycles. The van der Waals surface area contributed by atoms with E-state index in [0.717, 1.165) is 5.01 Å². The predicted molar refractivity (Wildman–Crippen MR) is 72.9 cm³/mol. The van der Waals surface area contributed by atoms with Gasteiger partial charge >= 0.3 is 5.97 Å². The van der Waals surface area contributed by atoms with Crippen LogP contribution < -0.4 is 0 Å². The Labute approximate surface area is 119 Å². The van der Waals surface area contributed by atoms with Crippen LogP contribution in [0.2, 0.25) is 0 Å². The lowest BCUT2D eigenvalue weighted by molar-refractivity contribution is -0.143. The molecule has 0 aliphatic heterocycles. The number of hydrogen-bond donors (Lipinski definition) is 1. The van der Waals surface area contributed by atoms with Crippen molar-refractivity contribution in [3.8, 4) is 0 Å². The van der Waals surface area contributed by atoms with Gasteiger partial charge in [0.1, 0.15) is 21.9 Å². The van der Waals surface area contributed by atoms with E-state index < -0.39 is 17.8 Å². The van der Waals surface area contributed by atoms with Crippen molar-refractivity contribution in [2.45, 2.75) is 19.5 Å². The van der Waals surface area contributed by atoms with Gasteiger partial charge in [0.2, 0.25) is 0 Å². The molecule has 2 rings (SSSR count). The molecule has 2 aromatic rings. The van der Waals surface area contributed by atoms with Crippen molar-refractivity contribution >= 4 is 17.3 Å². The third-order valence-corrected chi connectivity index (χ3v) is 3.65. The van der Waals surface area contributed by atoms with Gasteiger partial charge in [0, 0.05) is 5.56 Å². The quantitative estimate of drug-likeness (QED) is 0.916. The van der Waals surface area contributed by atoms with E-state index in [2.05, 4.69) is 10.2 Å². The summed E-state index contributed by atoms with van der Waals surface area (Å²) in [4.78, 5) is 13.0. The van der Waals surface area contributed by atoms with E-state index >= 15 is 0 Å². The molecule has 5 nitrogen and oxygen atoms in total. The van der Waals surface area contributed by atoms with Gasteiger partial charge in [0.25, 0.3) is 0 Å². The minimum absolute atomic E-state index is 0.142. The van der Waals surface area contributed by atoms with Crippen molar-refractivity contribution in [3.05, 3.63) is 45.7 Å². The number of aryl methyl sites for hydroxylation is 1. The van der Waals surface area contributed by atoms with Crippen LogP contribution in [-0.4, -0.2) is 33.2 Å². The highest BCUT2D eigenvalue weighted by Gasteiger charge is 2.27. The Kier molecular flexibility index (Phi) is 4.41. The van der Waals surface area contributed by atoms with Crippen LogP contribution in [0.4, 0.5) is 4.39 Å². The third-order valence-electron chi connectivity index (χ3n) is 2.83. The number of hydrogen-bond acceptors (Lipinski definition) is 5. The molecule has 1 unspecified atom stereocenters. The smallest absolute Gasteiger partial charge is 0.325 e. The van der Waals surface area contributed by atoms with Gasteiger partial charge in [-0.15, -0.1) is 21.5 Å². The standard InChI is InChI=1S/C13H14FN3O2S/c1-8-15-16-11(20-8)7-17(2)12(13(18)19)9-5-3-4-6-10(9)14/h3-6,12H,7H2,1-2H3,(H,18,19). The van der Waals surface area contributed by atoms with Gasteiger partial charge in [0.15, 0.2) is 0 Å². The topological polar surface area (TPSA) is 66.3 Å². The summed E-state index contributed by atoms with van der Waals surface area (Å²) in [6.07, 6.45) is 0. The molecule has 0 amide bonds. The molecule has 0 bridgehead atoms. The van der Waals surface area contributed by atoms with Crippen LogP contribution in [0.15, 0.2) is 24.3 Å². The van der Waals surface area contributed by atoms with E-state index in [-0.39, 0.29) is 5.56 Å². The third kappa shape index (κ3) is 3.17. The molecule has 1 aromatic heterocycles. The lowest BCUT2D eigenvalue weighted by Crippen LogP contribution is -2.31. The van der Waals surface area contributed by atoms with Gasteiger partial charge in [-0.05, 0) is 20.0 Å². The number of nitrogens with zero attached hydrogens (tertiary/aromatic N) is 3. The Bertz CT molecular complexity index is 617. The van der Waals surface area contributed by atoms with Gasteiger partial charge in [-0.2, -0.15) is 0 Å². The zero-order chi connectivity index (χ0) is 14.7. The average molecular weight is 295 g/mol. The number of carboxylic acids is 1. The second-order valence-corrected chi connectivity index (χ2v) is 5.66. The number of likely N-dealkylation sites (N-methyl/N-ethyl adjacent to an activating group) is 1. The summed E-state index contributed by atoms with van der Waals surface area (Å²) in [5.41, 5.74) is 0.142. The summed E-state index contributed by atoms with van der Waals surface area (Å²) in [6, 6.07) is 4.84. The van der Waals surface area contributed by atoms with E-state index in [1.165, 1.54) is 29.5 Å². The van der Waals surface area contributed by atoms with Crippen molar-refractivity contribution < 1.29 is 14.3 Å². The highest BCUT2D eigenvalue weighted by molar-refractivity contribution is 7.11. The fourth-order valence-corrected chi connectivity index (χ4v) is 2.73. The van der Waals surface area contributed by atoms with E-state index in [9.17, 15) is 14.3 Å². The Morgan fingerprint density at radius 2 is 2.15 bits per heavy atom. The van der Waals surface area contributed by atoms with Crippen LogP contribution in [-0.2, 0) is 11.3 Å². The molecule has 0 aliphatic carbocycles. The molecule has 1 aromatic carbocycles. The highest BCUT2D eigenvalue weighted by Crippen LogP contribution is 2.24. The molecule has 1 atom stereocenters. The molecule has 0 fully saturated rings. The van der Waals surface area contributed by atoms with Gasteiger partial charge < -0.3 is 5.11 Å². The van der Waals surface area contributed by atoms with Gasteiger partial charge in [-0.1, -0.05) is 18.2 Å². The largest absolute Gasteiger partial charge is 0.480 e. The Morgan fingerprint density at radius 3 is 2.70 bits per heavy atom. The van der Waals surface area contributed by atoms with Gasteiger partial charge in [-0.25, -0.2) is 4.39 Å². The molecule has 20 heavy (non-hydrogen) atoms. The minimum Gasteiger partial charge on any atom is -0.480 e. The van der Waals surface area contributed by atoms with Crippen LogP contribution in [0.25, 0.3) is 0 Å². The summed E-state index contributed by atoms with van der Waals surface area (Å²) in [5.74, 6) is -1.63. The molecule has 7 heteroatoms. The first-order valence-electron chi connectivity index (χ1n) is 5.95. The molecule has 0 saturated carbocycles. The number of benzene rings is 1. The lowest BCUT2D eigenvalue weighted by Gasteiger charge is -2.24. The summed E-state index contributed by atoms with van der Waals surface area (Å²) < 4.78 is 13.8. The normalized spacial score (nSPS) is 12.6. The molecule has 106 valence electrons. The fourth-order valence-electron chi connectivity index (χ4n) is 1.96. The second kappa shape index (κ2) is 6.06. The number of rotatable bonds is 5. The molecule has 0 aliphatic rings. The van der Waals surface area contributed by atoms with Crippen molar-refractivity contribution in [2.24, 2.45) is 0 Å². The van der Waals surface area contributed by atoms with Crippen LogP contribution in [0, 0.1) is 12.7 Å². The van der Waals surface area contributed by atoms with Crippen molar-refractivity contribution in [1.29, 1.82) is 0 Å². The molecule has 0 spiro atoms. The van der Waals surface area contributed by atoms with Crippen LogP contribution in [0.5, 0.6) is 0 Å². The van der Waals surface area contributed by atoms with E-state index in [4.69, 9.17) is 0 Å². The van der Waals surface area contributed by atoms with Crippen molar-refractivity contribution in [2.75, 3.05) is 7.05 Å². The predicted octanol–water partition coefficient (Wildman–Crippen LogP) is 2.24. The summed E-state index contributed by atoms with van der Waals surface area (Å²) in [5, 5.41) is 18.7. The molecular weight excluding hydrogens is 281 g/mol. The van der Waals surface area contributed by atoms with Gasteiger partial charge in [0.05, 0.1) is 6.54 Å². The Hall–Kier alpha value is -1.86. The molecule has 1 N–H and O–H groups in total. The number of aromatic nitrogens is 2. The zero-order valence-electron chi connectivity index (χ0n) is 11.1. The summed E-state index contributed by atoms with van der Waals surface area (Å²) in [6.45, 7) is 2.13. The lowest BCUT2D eigenvalue weighted by atomic mass is 10.1. The van der Waals surface area contributed by atoms with Crippen LogP contribution in [0.1, 0.15) is 21.6 Å². The zero-order valence-corrected chi connectivity index (χ0v) is 11.9. The van der Waals surface area contributed by atoms with Gasteiger partial charge in [-0.3, -0.25) is 9.69 Å². The number of aliphatic carboxylic acids is 1. The SMILES string of the molecule is Cc1nnc(CN(C)C(C(=O)O)c2ccccc2F)s1. The number of carboxylic acid groups (broad SMARTS) is 1. The van der Waals surface area contributed by atoms with E-state index in [0.29, 0.717) is 11.6 Å². The maximum absolute atomic E-state index is 13.8. The van der Waals surface area contributed by atoms with Crippen LogP contribution in [0.3, 0.4) is 0 Å². The fraction of sp³-hybridized carbons (Fsp3) is 0.308.